The maximum absolute atomic E-state index is 11.5. The molecule has 2 aromatic rings. The first-order chi connectivity index (χ1) is 15.1. The van der Waals surface area contributed by atoms with E-state index in [1.807, 2.05) is 36.5 Å². The molecule has 0 spiro atoms. The molecule has 0 amide bonds. The summed E-state index contributed by atoms with van der Waals surface area (Å²) in [7, 11) is 0. The molecular formula is C27H26N2O2. The number of nitrogens with zero attached hydrogens (tertiary/aromatic N) is 2. The number of fused-ring (bicyclic) bond motifs is 3. The van der Waals surface area contributed by atoms with Crippen molar-refractivity contribution in [1.82, 2.24) is 9.88 Å². The zero-order valence-electron chi connectivity index (χ0n) is 17.6. The Bertz CT molecular complexity index is 1110. The average Bonchev–Trinajstić information content (AvgIpc) is 2.80. The molecule has 1 aromatic carbocycles. The quantitative estimate of drug-likeness (QED) is 0.788. The average molecular weight is 411 g/mol. The van der Waals surface area contributed by atoms with Crippen molar-refractivity contribution in [2.45, 2.75) is 31.3 Å². The van der Waals surface area contributed by atoms with Gasteiger partial charge in [0.05, 0.1) is 5.69 Å². The minimum Gasteiger partial charge on any atom is -0.376 e. The number of rotatable bonds is 3. The van der Waals surface area contributed by atoms with Gasteiger partial charge in [-0.15, -0.1) is 0 Å². The first kappa shape index (κ1) is 19.9. The first-order valence-electron chi connectivity index (χ1n) is 11.0. The number of aliphatic hydroxyl groups is 1. The molecule has 1 aromatic heterocycles. The summed E-state index contributed by atoms with van der Waals surface area (Å²) in [6, 6.07) is 12.4. The molecule has 1 unspecified atom stereocenters. The van der Waals surface area contributed by atoms with Gasteiger partial charge in [-0.3, -0.25) is 14.7 Å². The van der Waals surface area contributed by atoms with Gasteiger partial charge in [-0.25, -0.2) is 0 Å². The van der Waals surface area contributed by atoms with Gasteiger partial charge in [0.15, 0.2) is 5.78 Å². The molecule has 4 heteroatoms. The van der Waals surface area contributed by atoms with E-state index in [9.17, 15) is 9.90 Å². The molecule has 4 heterocycles. The largest absolute Gasteiger partial charge is 0.376 e. The van der Waals surface area contributed by atoms with Crippen molar-refractivity contribution in [2.75, 3.05) is 19.6 Å². The van der Waals surface area contributed by atoms with E-state index in [2.05, 4.69) is 39.9 Å². The van der Waals surface area contributed by atoms with Crippen molar-refractivity contribution in [1.29, 1.82) is 0 Å². The minimum absolute atomic E-state index is 0.113. The molecule has 3 aliphatic heterocycles. The Morgan fingerprint density at radius 3 is 2.65 bits per heavy atom. The van der Waals surface area contributed by atoms with Crippen LogP contribution < -0.4 is 0 Å². The molecular weight excluding hydrogens is 384 g/mol. The fourth-order valence-electron chi connectivity index (χ4n) is 4.80. The van der Waals surface area contributed by atoms with E-state index >= 15 is 0 Å². The second-order valence-corrected chi connectivity index (χ2v) is 8.78. The summed E-state index contributed by atoms with van der Waals surface area (Å²) in [6.07, 6.45) is 10.4. The summed E-state index contributed by atoms with van der Waals surface area (Å²) >= 11 is 0. The number of aromatic nitrogens is 1. The summed E-state index contributed by atoms with van der Waals surface area (Å²) in [4.78, 5) is 18.5. The van der Waals surface area contributed by atoms with Crippen molar-refractivity contribution in [3.63, 3.8) is 0 Å². The Balaban J connectivity index is 1.49. The molecule has 0 radical (unpaired) electrons. The number of carbonyl (C=O) groups is 1. The van der Waals surface area contributed by atoms with Crippen LogP contribution in [0.15, 0.2) is 60.8 Å². The van der Waals surface area contributed by atoms with Crippen LogP contribution in [0.3, 0.4) is 0 Å². The highest BCUT2D eigenvalue weighted by atomic mass is 16.3. The van der Waals surface area contributed by atoms with Crippen molar-refractivity contribution in [3.8, 4) is 11.8 Å². The molecule has 3 fully saturated rings. The van der Waals surface area contributed by atoms with Gasteiger partial charge >= 0.3 is 0 Å². The Morgan fingerprint density at radius 1 is 1.16 bits per heavy atom. The number of hydrogen-bond acceptors (Lipinski definition) is 4. The van der Waals surface area contributed by atoms with E-state index in [0.29, 0.717) is 13.0 Å². The maximum atomic E-state index is 11.5. The summed E-state index contributed by atoms with van der Waals surface area (Å²) < 4.78 is 0. The molecule has 3 saturated heterocycles. The Kier molecular flexibility index (Phi) is 5.31. The van der Waals surface area contributed by atoms with Crippen molar-refractivity contribution in [2.24, 2.45) is 5.92 Å². The van der Waals surface area contributed by atoms with Crippen molar-refractivity contribution >= 4 is 11.4 Å². The third-order valence-electron chi connectivity index (χ3n) is 6.64. The maximum Gasteiger partial charge on any atom is 0.159 e. The summed E-state index contributed by atoms with van der Waals surface area (Å²) in [5, 5.41) is 11.2. The van der Waals surface area contributed by atoms with Crippen LogP contribution in [-0.2, 0) is 11.2 Å². The normalized spacial score (nSPS) is 26.9. The van der Waals surface area contributed by atoms with E-state index < -0.39 is 5.60 Å². The lowest BCUT2D eigenvalue weighted by Crippen LogP contribution is -2.58. The number of piperidine rings is 3. The smallest absolute Gasteiger partial charge is 0.159 e. The topological polar surface area (TPSA) is 53.4 Å². The van der Waals surface area contributed by atoms with E-state index in [-0.39, 0.29) is 11.7 Å². The van der Waals surface area contributed by atoms with E-state index in [1.54, 1.807) is 6.08 Å². The third kappa shape index (κ3) is 4.25. The number of ketones is 1. The van der Waals surface area contributed by atoms with Gasteiger partial charge < -0.3 is 5.11 Å². The van der Waals surface area contributed by atoms with Gasteiger partial charge in [0.25, 0.3) is 0 Å². The molecule has 4 aliphatic rings. The van der Waals surface area contributed by atoms with Crippen LogP contribution in [0, 0.1) is 17.8 Å². The molecule has 2 bridgehead atoms. The summed E-state index contributed by atoms with van der Waals surface area (Å²) in [5.74, 6) is 6.88. The van der Waals surface area contributed by atoms with Crippen LogP contribution >= 0.6 is 0 Å². The SMILES string of the molecule is O=C1C=CC(c2cc(Cc3ccccc3)c(C#CC3(O)CN4CCC3CC4)cn2)=CC1. The Morgan fingerprint density at radius 2 is 1.97 bits per heavy atom. The molecule has 0 saturated carbocycles. The van der Waals surface area contributed by atoms with Crippen LogP contribution in [0.2, 0.25) is 0 Å². The highest BCUT2D eigenvalue weighted by molar-refractivity contribution is 5.97. The molecule has 1 aliphatic carbocycles. The first-order valence-corrected chi connectivity index (χ1v) is 11.0. The molecule has 4 nitrogen and oxygen atoms in total. The van der Waals surface area contributed by atoms with Gasteiger partial charge in [0, 0.05) is 30.6 Å². The van der Waals surface area contributed by atoms with Crippen molar-refractivity contribution in [3.05, 3.63) is 83.2 Å². The molecule has 31 heavy (non-hydrogen) atoms. The van der Waals surface area contributed by atoms with Gasteiger partial charge in [-0.05, 0) is 67.3 Å². The van der Waals surface area contributed by atoms with Crippen LogP contribution in [0.25, 0.3) is 5.57 Å². The molecule has 1 N–H and O–H groups in total. The van der Waals surface area contributed by atoms with E-state index in [4.69, 9.17) is 0 Å². The molecule has 156 valence electrons. The highest BCUT2D eigenvalue weighted by Crippen LogP contribution is 2.35. The second-order valence-electron chi connectivity index (χ2n) is 8.78. The zero-order valence-corrected chi connectivity index (χ0v) is 17.6. The fourth-order valence-corrected chi connectivity index (χ4v) is 4.80. The van der Waals surface area contributed by atoms with Crippen LogP contribution in [0.1, 0.15) is 41.6 Å². The summed E-state index contributed by atoms with van der Waals surface area (Å²) in [6.45, 7) is 2.76. The lowest BCUT2D eigenvalue weighted by atomic mass is 9.75. The predicted molar refractivity (Wildman–Crippen MR) is 121 cm³/mol. The third-order valence-corrected chi connectivity index (χ3v) is 6.64. The standard InChI is InChI=1S/C27H26N2O2/c30-25-8-6-21(7-9-25)26-17-23(16-20-4-2-1-3-5-20)22(18-28-26)10-13-27(31)19-29-14-11-24(27)12-15-29/h1-8,17-18,24,31H,9,11-12,14-16,19H2. The number of carbonyl (C=O) groups excluding carboxylic acids is 1. The summed E-state index contributed by atoms with van der Waals surface area (Å²) in [5.41, 5.74) is 4.02. The van der Waals surface area contributed by atoms with E-state index in [1.165, 1.54) is 5.56 Å². The number of allylic oxidation sites excluding steroid dienone is 4. The highest BCUT2D eigenvalue weighted by Gasteiger charge is 2.44. The monoisotopic (exact) mass is 410 g/mol. The van der Waals surface area contributed by atoms with E-state index in [0.717, 1.165) is 54.7 Å². The number of pyridine rings is 1. The second kappa shape index (κ2) is 8.26. The fraction of sp³-hybridized carbons (Fsp3) is 0.333. The Hall–Kier alpha value is -3.00. The molecule has 1 atom stereocenters. The van der Waals surface area contributed by atoms with Crippen molar-refractivity contribution < 1.29 is 9.90 Å². The number of benzene rings is 1. The van der Waals surface area contributed by atoms with Crippen LogP contribution in [0.5, 0.6) is 0 Å². The van der Waals surface area contributed by atoms with Gasteiger partial charge in [-0.1, -0.05) is 48.2 Å². The van der Waals surface area contributed by atoms with Gasteiger partial charge in [0.1, 0.15) is 5.60 Å². The lowest BCUT2D eigenvalue weighted by molar-refractivity contribution is -0.113. The number of hydrogen-bond donors (Lipinski definition) is 1. The predicted octanol–water partition coefficient (Wildman–Crippen LogP) is 3.39. The Labute approximate surface area is 183 Å². The van der Waals surface area contributed by atoms with Crippen LogP contribution in [-0.4, -0.2) is 46.0 Å². The van der Waals surface area contributed by atoms with Crippen LogP contribution in [0.4, 0.5) is 0 Å². The molecule has 6 rings (SSSR count). The van der Waals surface area contributed by atoms with Gasteiger partial charge in [-0.2, -0.15) is 0 Å². The lowest BCUT2D eigenvalue weighted by Gasteiger charge is -2.47. The zero-order chi connectivity index (χ0) is 21.3. The van der Waals surface area contributed by atoms with Gasteiger partial charge in [0.2, 0.25) is 0 Å². The minimum atomic E-state index is -0.936.